The predicted octanol–water partition coefficient (Wildman–Crippen LogP) is 7.20. The Hall–Kier alpha value is -2.90. The summed E-state index contributed by atoms with van der Waals surface area (Å²) in [6, 6.07) is 9.56. The van der Waals surface area contributed by atoms with Crippen LogP contribution in [0.2, 0.25) is 10.0 Å². The summed E-state index contributed by atoms with van der Waals surface area (Å²) in [6.45, 7) is 8.65. The van der Waals surface area contributed by atoms with Gasteiger partial charge >= 0.3 is 5.97 Å². The van der Waals surface area contributed by atoms with Crippen molar-refractivity contribution < 1.29 is 14.3 Å². The lowest BCUT2D eigenvalue weighted by atomic mass is 9.49. The topological polar surface area (TPSA) is 86.1 Å². The summed E-state index contributed by atoms with van der Waals surface area (Å²) < 4.78 is 6.80. The molecule has 0 unspecified atom stereocenters. The second kappa shape index (κ2) is 10.8. The zero-order valence-electron chi connectivity index (χ0n) is 23.7. The quantitative estimate of drug-likeness (QED) is 0.310. The van der Waals surface area contributed by atoms with Crippen LogP contribution in [0.1, 0.15) is 76.0 Å². The van der Waals surface area contributed by atoms with Gasteiger partial charge in [-0.3, -0.25) is 9.59 Å². The molecule has 1 amide bonds. The molecular formula is C31H36Cl2N4O3. The maximum atomic E-state index is 13.4. The average molecular weight is 584 g/mol. The lowest BCUT2D eigenvalue weighted by Gasteiger charge is -2.54. The van der Waals surface area contributed by atoms with Crippen molar-refractivity contribution in [3.8, 4) is 11.3 Å². The number of carbonyl (C=O) groups excluding carboxylic acids is 2. The number of methoxy groups -OCH3 is 1. The number of carbonyl (C=O) groups is 2. The Bertz CT molecular complexity index is 1450. The van der Waals surface area contributed by atoms with Crippen molar-refractivity contribution in [2.45, 2.75) is 77.7 Å². The maximum absolute atomic E-state index is 13.4. The second-order valence-corrected chi connectivity index (χ2v) is 12.9. The number of esters is 1. The van der Waals surface area contributed by atoms with Crippen LogP contribution in [0.15, 0.2) is 36.5 Å². The first kappa shape index (κ1) is 28.6. The van der Waals surface area contributed by atoms with E-state index < -0.39 is 5.41 Å². The van der Waals surface area contributed by atoms with Crippen molar-refractivity contribution in [3.63, 3.8) is 0 Å². The number of aromatic nitrogens is 3. The fraction of sp³-hybridized carbons (Fsp3) is 0.484. The largest absolute Gasteiger partial charge is 0.469 e. The molecule has 1 N–H and O–H groups in total. The van der Waals surface area contributed by atoms with E-state index >= 15 is 0 Å². The Morgan fingerprint density at radius 3 is 2.55 bits per heavy atom. The van der Waals surface area contributed by atoms with Crippen LogP contribution in [0.3, 0.4) is 0 Å². The summed E-state index contributed by atoms with van der Waals surface area (Å²) in [6.07, 6.45) is 6.17. The van der Waals surface area contributed by atoms with Crippen molar-refractivity contribution in [2.24, 2.45) is 11.3 Å². The Balaban J connectivity index is 1.44. The molecule has 3 aromatic rings. The molecule has 0 saturated heterocycles. The van der Waals surface area contributed by atoms with Gasteiger partial charge in [0.2, 0.25) is 5.91 Å². The summed E-state index contributed by atoms with van der Waals surface area (Å²) in [5.74, 6) is 0.108. The third kappa shape index (κ3) is 5.03. The molecule has 40 heavy (non-hydrogen) atoms. The Kier molecular flexibility index (Phi) is 7.75. The number of fused-ring (bicyclic) bond motifs is 3. The van der Waals surface area contributed by atoms with Gasteiger partial charge in [-0.2, -0.15) is 0 Å². The maximum Gasteiger partial charge on any atom is 0.311 e. The zero-order chi connectivity index (χ0) is 28.8. The average Bonchev–Trinajstić information content (AvgIpc) is 3.36. The summed E-state index contributed by atoms with van der Waals surface area (Å²) in [4.78, 5) is 26.3. The van der Waals surface area contributed by atoms with E-state index in [0.717, 1.165) is 48.9 Å². The Morgan fingerprint density at radius 1 is 1.15 bits per heavy atom. The third-order valence-corrected chi connectivity index (χ3v) is 9.55. The first-order chi connectivity index (χ1) is 19.0. The Morgan fingerprint density at radius 2 is 1.88 bits per heavy atom. The van der Waals surface area contributed by atoms with Crippen LogP contribution in [-0.4, -0.2) is 34.0 Å². The van der Waals surface area contributed by atoms with Crippen molar-refractivity contribution in [3.05, 3.63) is 63.3 Å². The van der Waals surface area contributed by atoms with Gasteiger partial charge in [-0.25, -0.2) is 4.68 Å². The SMILES string of the molecule is COC(=O)[C@]1(C)CCC[C@]2(C)c3ccc(C(C)C)c(NC(=O)Cn4cc(-c5cc(Cl)cc(Cl)c5)nn4)c3CC[C@@H]12. The fourth-order valence-corrected chi connectivity index (χ4v) is 7.75. The molecule has 0 aliphatic heterocycles. The molecule has 2 aliphatic carbocycles. The fourth-order valence-electron chi connectivity index (χ4n) is 7.23. The molecule has 5 rings (SSSR count). The van der Waals surface area contributed by atoms with E-state index in [2.05, 4.69) is 55.5 Å². The van der Waals surface area contributed by atoms with Gasteiger partial charge in [-0.15, -0.1) is 5.10 Å². The molecule has 9 heteroatoms. The van der Waals surface area contributed by atoms with Gasteiger partial charge in [0, 0.05) is 21.3 Å². The normalized spacial score (nSPS) is 23.9. The molecule has 1 heterocycles. The van der Waals surface area contributed by atoms with Crippen molar-refractivity contribution in [1.29, 1.82) is 0 Å². The number of anilines is 1. The highest BCUT2D eigenvalue weighted by atomic mass is 35.5. The lowest BCUT2D eigenvalue weighted by molar-refractivity contribution is -0.161. The van der Waals surface area contributed by atoms with Crippen LogP contribution in [0, 0.1) is 11.3 Å². The van der Waals surface area contributed by atoms with Crippen LogP contribution in [0.25, 0.3) is 11.3 Å². The lowest BCUT2D eigenvalue weighted by Crippen LogP contribution is -2.52. The van der Waals surface area contributed by atoms with Gasteiger partial charge in [0.15, 0.2) is 0 Å². The van der Waals surface area contributed by atoms with Crippen molar-refractivity contribution in [2.75, 3.05) is 12.4 Å². The minimum Gasteiger partial charge on any atom is -0.469 e. The van der Waals surface area contributed by atoms with E-state index in [4.69, 9.17) is 27.9 Å². The highest BCUT2D eigenvalue weighted by Crippen LogP contribution is 2.58. The van der Waals surface area contributed by atoms with Crippen LogP contribution in [0.4, 0.5) is 5.69 Å². The minimum absolute atomic E-state index is 0.0167. The van der Waals surface area contributed by atoms with Gasteiger partial charge in [0.1, 0.15) is 12.2 Å². The van der Waals surface area contributed by atoms with Gasteiger partial charge in [-0.05, 0) is 84.7 Å². The zero-order valence-corrected chi connectivity index (χ0v) is 25.2. The highest BCUT2D eigenvalue weighted by molar-refractivity contribution is 6.35. The first-order valence-electron chi connectivity index (χ1n) is 13.9. The standard InChI is InChI=1S/C31H36Cl2N4O3/c1-18(2)22-7-9-24-23(8-10-26-30(24,3)11-6-12-31(26,4)29(39)40-5)28(22)34-27(38)17-37-16-25(35-36-37)19-13-20(32)15-21(33)14-19/h7,9,13-16,18,26H,6,8,10-12,17H2,1-5H3,(H,34,38)/t26-,30-,31-/m1/s1. The monoisotopic (exact) mass is 582 g/mol. The predicted molar refractivity (Wildman–Crippen MR) is 158 cm³/mol. The number of hydrogen-bond acceptors (Lipinski definition) is 5. The Labute approximate surface area is 245 Å². The van der Waals surface area contributed by atoms with E-state index in [-0.39, 0.29) is 35.7 Å². The van der Waals surface area contributed by atoms with E-state index in [1.807, 2.05) is 0 Å². The molecule has 0 radical (unpaired) electrons. The number of rotatable bonds is 6. The molecule has 1 aromatic heterocycles. The number of hydrogen-bond donors (Lipinski definition) is 1. The van der Waals surface area contributed by atoms with Crippen LogP contribution >= 0.6 is 23.2 Å². The van der Waals surface area contributed by atoms with Crippen LogP contribution in [-0.2, 0) is 32.7 Å². The number of ether oxygens (including phenoxy) is 1. The van der Waals surface area contributed by atoms with Gasteiger partial charge in [0.05, 0.1) is 18.7 Å². The van der Waals surface area contributed by atoms with E-state index in [1.54, 1.807) is 24.4 Å². The molecular weight excluding hydrogens is 547 g/mol. The highest BCUT2D eigenvalue weighted by Gasteiger charge is 2.56. The summed E-state index contributed by atoms with van der Waals surface area (Å²) in [5, 5.41) is 12.6. The minimum atomic E-state index is -0.516. The number of nitrogens with one attached hydrogen (secondary N) is 1. The van der Waals surface area contributed by atoms with Crippen molar-refractivity contribution >= 4 is 40.8 Å². The van der Waals surface area contributed by atoms with Crippen LogP contribution < -0.4 is 5.32 Å². The third-order valence-electron chi connectivity index (χ3n) is 9.11. The van der Waals surface area contributed by atoms with E-state index in [1.165, 1.54) is 22.9 Å². The van der Waals surface area contributed by atoms with E-state index in [9.17, 15) is 9.59 Å². The summed E-state index contributed by atoms with van der Waals surface area (Å²) >= 11 is 12.3. The van der Waals surface area contributed by atoms with Gasteiger partial charge in [0.25, 0.3) is 0 Å². The molecule has 0 spiro atoms. The number of amides is 1. The molecule has 7 nitrogen and oxygen atoms in total. The number of nitrogens with zero attached hydrogens (tertiary/aromatic N) is 3. The molecule has 3 atom stereocenters. The molecule has 212 valence electrons. The molecule has 0 bridgehead atoms. The molecule has 1 fully saturated rings. The first-order valence-corrected chi connectivity index (χ1v) is 14.6. The second-order valence-electron chi connectivity index (χ2n) is 12.0. The van der Waals surface area contributed by atoms with Crippen molar-refractivity contribution in [1.82, 2.24) is 15.0 Å². The number of benzene rings is 2. The molecule has 1 saturated carbocycles. The summed E-state index contributed by atoms with van der Waals surface area (Å²) in [7, 11) is 1.49. The number of halogens is 2. The van der Waals surface area contributed by atoms with Gasteiger partial charge in [-0.1, -0.05) is 67.7 Å². The molecule has 2 aromatic carbocycles. The smallest absolute Gasteiger partial charge is 0.311 e. The van der Waals surface area contributed by atoms with E-state index in [0.29, 0.717) is 15.7 Å². The summed E-state index contributed by atoms with van der Waals surface area (Å²) in [5.41, 5.74) is 5.04. The van der Waals surface area contributed by atoms with Crippen LogP contribution in [0.5, 0.6) is 0 Å². The van der Waals surface area contributed by atoms with Gasteiger partial charge < -0.3 is 10.1 Å². The molecule has 2 aliphatic rings.